The number of pyridine rings is 1. The number of halogens is 1. The lowest BCUT2D eigenvalue weighted by atomic mass is 10.3. The van der Waals surface area contributed by atoms with E-state index >= 15 is 0 Å². The maximum Gasteiger partial charge on any atom is 0.214 e. The van der Waals surface area contributed by atoms with E-state index in [9.17, 15) is 0 Å². The van der Waals surface area contributed by atoms with Crippen molar-refractivity contribution in [2.45, 2.75) is 19.4 Å². The Morgan fingerprint density at radius 2 is 2.33 bits per heavy atom. The topological polar surface area (TPSA) is 57.1 Å². The fraction of sp³-hybridized carbons (Fsp3) is 0.417. The van der Waals surface area contributed by atoms with Crippen LogP contribution < -0.4 is 4.74 Å². The summed E-state index contributed by atoms with van der Waals surface area (Å²) in [5.74, 6) is 1.17. The number of aryl methyl sites for hydroxylation is 1. The molecule has 0 spiro atoms. The zero-order valence-electron chi connectivity index (χ0n) is 9.89. The van der Waals surface area contributed by atoms with Crippen LogP contribution in [-0.4, -0.2) is 34.3 Å². The van der Waals surface area contributed by atoms with Crippen LogP contribution in [0, 0.1) is 6.92 Å². The highest BCUT2D eigenvalue weighted by Gasteiger charge is 2.18. The number of hydrogen-bond acceptors (Lipinski definition) is 5. The fourth-order valence-corrected chi connectivity index (χ4v) is 2.20. The molecule has 1 aliphatic rings. The summed E-state index contributed by atoms with van der Waals surface area (Å²) in [7, 11) is 0. The van der Waals surface area contributed by atoms with Crippen molar-refractivity contribution in [3.8, 4) is 5.88 Å². The van der Waals surface area contributed by atoms with Crippen LogP contribution in [0.2, 0.25) is 5.15 Å². The van der Waals surface area contributed by atoms with Crippen LogP contribution in [0.4, 0.5) is 0 Å². The van der Waals surface area contributed by atoms with Gasteiger partial charge in [0.2, 0.25) is 5.88 Å². The highest BCUT2D eigenvalue weighted by atomic mass is 35.5. The molecule has 0 aliphatic carbocycles. The van der Waals surface area contributed by atoms with E-state index in [1.54, 1.807) is 19.2 Å². The maximum atomic E-state index is 6.09. The van der Waals surface area contributed by atoms with Gasteiger partial charge in [-0.3, -0.25) is 0 Å². The molecule has 1 aliphatic heterocycles. The smallest absolute Gasteiger partial charge is 0.214 e. The number of fused-ring (bicyclic) bond motifs is 1. The van der Waals surface area contributed by atoms with Gasteiger partial charge >= 0.3 is 0 Å². The van der Waals surface area contributed by atoms with Gasteiger partial charge in [-0.2, -0.15) is 0 Å². The molecule has 0 saturated carbocycles. The molecule has 1 fully saturated rings. The standard InChI is InChI=1S/C12H12ClN3O2/c1-7-15-10-5-14-11(4-9(10)12(13)16-7)18-8-2-3-17-6-8/h4-5,8H,2-3,6H2,1H3. The number of hydrogen-bond donors (Lipinski definition) is 0. The van der Waals surface area contributed by atoms with Gasteiger partial charge in [0.25, 0.3) is 0 Å². The molecular formula is C12H12ClN3O2. The number of rotatable bonds is 2. The van der Waals surface area contributed by atoms with Gasteiger partial charge in [0.15, 0.2) is 0 Å². The van der Waals surface area contributed by atoms with E-state index in [0.29, 0.717) is 23.5 Å². The van der Waals surface area contributed by atoms with Crippen LogP contribution in [0.15, 0.2) is 12.3 Å². The lowest BCUT2D eigenvalue weighted by molar-refractivity contribution is 0.138. The second-order valence-corrected chi connectivity index (χ2v) is 4.56. The summed E-state index contributed by atoms with van der Waals surface area (Å²) in [5.41, 5.74) is 0.725. The van der Waals surface area contributed by atoms with Gasteiger partial charge in [-0.15, -0.1) is 0 Å². The highest BCUT2D eigenvalue weighted by molar-refractivity contribution is 6.34. The van der Waals surface area contributed by atoms with E-state index in [-0.39, 0.29) is 6.10 Å². The molecule has 94 valence electrons. The van der Waals surface area contributed by atoms with Gasteiger partial charge in [0.05, 0.1) is 24.9 Å². The molecule has 1 atom stereocenters. The van der Waals surface area contributed by atoms with Crippen LogP contribution in [-0.2, 0) is 4.74 Å². The van der Waals surface area contributed by atoms with Crippen LogP contribution in [0.25, 0.3) is 10.9 Å². The van der Waals surface area contributed by atoms with E-state index in [2.05, 4.69) is 15.0 Å². The quantitative estimate of drug-likeness (QED) is 0.779. The second kappa shape index (κ2) is 4.66. The summed E-state index contributed by atoms with van der Waals surface area (Å²) in [6.07, 6.45) is 2.61. The lowest BCUT2D eigenvalue weighted by Crippen LogP contribution is -2.16. The molecule has 0 radical (unpaired) electrons. The number of ether oxygens (including phenoxy) is 2. The molecule has 1 unspecified atom stereocenters. The largest absolute Gasteiger partial charge is 0.472 e. The normalized spacial score (nSPS) is 19.3. The van der Waals surface area contributed by atoms with Crippen molar-refractivity contribution in [3.05, 3.63) is 23.2 Å². The van der Waals surface area contributed by atoms with Gasteiger partial charge in [0.1, 0.15) is 17.1 Å². The predicted molar refractivity (Wildman–Crippen MR) is 66.9 cm³/mol. The minimum Gasteiger partial charge on any atom is -0.472 e. The second-order valence-electron chi connectivity index (χ2n) is 4.20. The molecule has 3 rings (SSSR count). The summed E-state index contributed by atoms with van der Waals surface area (Å²) in [6, 6.07) is 1.77. The summed E-state index contributed by atoms with van der Waals surface area (Å²) in [6.45, 7) is 3.14. The van der Waals surface area contributed by atoms with Crippen molar-refractivity contribution in [1.29, 1.82) is 0 Å². The minimum atomic E-state index is 0.0695. The maximum absolute atomic E-state index is 6.09. The molecular weight excluding hydrogens is 254 g/mol. The Hall–Kier alpha value is -1.46. The highest BCUT2D eigenvalue weighted by Crippen LogP contribution is 2.24. The van der Waals surface area contributed by atoms with Gasteiger partial charge in [-0.05, 0) is 6.92 Å². The first kappa shape index (κ1) is 11.6. The predicted octanol–water partition coefficient (Wildman–Crippen LogP) is 2.15. The first-order valence-electron chi connectivity index (χ1n) is 5.76. The molecule has 0 aromatic carbocycles. The Kier molecular flexibility index (Phi) is 3.01. The van der Waals surface area contributed by atoms with Crippen molar-refractivity contribution in [2.24, 2.45) is 0 Å². The first-order chi connectivity index (χ1) is 8.72. The third kappa shape index (κ3) is 2.23. The average molecular weight is 266 g/mol. The summed E-state index contributed by atoms with van der Waals surface area (Å²) >= 11 is 6.09. The molecule has 2 aromatic rings. The van der Waals surface area contributed by atoms with E-state index in [4.69, 9.17) is 21.1 Å². The zero-order valence-corrected chi connectivity index (χ0v) is 10.6. The third-order valence-corrected chi connectivity index (χ3v) is 3.09. The third-order valence-electron chi connectivity index (χ3n) is 2.80. The first-order valence-corrected chi connectivity index (χ1v) is 6.14. The van der Waals surface area contributed by atoms with Crippen molar-refractivity contribution >= 4 is 22.5 Å². The molecule has 3 heterocycles. The van der Waals surface area contributed by atoms with Crippen molar-refractivity contribution in [2.75, 3.05) is 13.2 Å². The number of aromatic nitrogens is 3. The van der Waals surface area contributed by atoms with Gasteiger partial charge in [-0.25, -0.2) is 15.0 Å². The lowest BCUT2D eigenvalue weighted by Gasteiger charge is -2.11. The summed E-state index contributed by atoms with van der Waals surface area (Å²) in [5, 5.41) is 1.18. The molecule has 2 aromatic heterocycles. The van der Waals surface area contributed by atoms with Gasteiger partial charge < -0.3 is 9.47 Å². The number of nitrogens with zero attached hydrogens (tertiary/aromatic N) is 3. The summed E-state index contributed by atoms with van der Waals surface area (Å²) < 4.78 is 11.0. The summed E-state index contributed by atoms with van der Waals surface area (Å²) in [4.78, 5) is 12.6. The van der Waals surface area contributed by atoms with Crippen molar-refractivity contribution in [3.63, 3.8) is 0 Å². The molecule has 18 heavy (non-hydrogen) atoms. The Bertz CT molecular complexity index is 585. The van der Waals surface area contributed by atoms with Gasteiger partial charge in [0, 0.05) is 17.9 Å². The van der Waals surface area contributed by atoms with Gasteiger partial charge in [-0.1, -0.05) is 11.6 Å². The fourth-order valence-electron chi connectivity index (χ4n) is 1.93. The Balaban J connectivity index is 1.94. The van der Waals surface area contributed by atoms with Crippen LogP contribution >= 0.6 is 11.6 Å². The molecule has 0 amide bonds. The average Bonchev–Trinajstić information content (AvgIpc) is 2.83. The molecule has 0 bridgehead atoms. The molecule has 0 N–H and O–H groups in total. The Morgan fingerprint density at radius 3 is 3.11 bits per heavy atom. The van der Waals surface area contributed by atoms with Crippen LogP contribution in [0.3, 0.4) is 0 Å². The molecule has 1 saturated heterocycles. The van der Waals surface area contributed by atoms with Crippen molar-refractivity contribution < 1.29 is 9.47 Å². The van der Waals surface area contributed by atoms with Crippen LogP contribution in [0.5, 0.6) is 5.88 Å². The van der Waals surface area contributed by atoms with E-state index in [1.165, 1.54) is 0 Å². The SMILES string of the molecule is Cc1nc(Cl)c2cc(OC3CCOC3)ncc2n1. The van der Waals surface area contributed by atoms with Crippen molar-refractivity contribution in [1.82, 2.24) is 15.0 Å². The monoisotopic (exact) mass is 265 g/mol. The van der Waals surface area contributed by atoms with Crippen LogP contribution in [0.1, 0.15) is 12.2 Å². The van der Waals surface area contributed by atoms with E-state index in [1.807, 2.05) is 0 Å². The molecule has 6 heteroatoms. The van der Waals surface area contributed by atoms with E-state index in [0.717, 1.165) is 23.9 Å². The van der Waals surface area contributed by atoms with E-state index < -0.39 is 0 Å². The zero-order chi connectivity index (χ0) is 12.5. The minimum absolute atomic E-state index is 0.0695. The Labute approximate surface area is 109 Å². The molecule has 5 nitrogen and oxygen atoms in total. The Morgan fingerprint density at radius 1 is 1.44 bits per heavy atom.